The molecule has 7 nitrogen and oxygen atoms in total. The Morgan fingerprint density at radius 1 is 1.03 bits per heavy atom. The summed E-state index contributed by atoms with van der Waals surface area (Å²) >= 11 is 0. The predicted molar refractivity (Wildman–Crippen MR) is 109 cm³/mol. The molecule has 154 valence electrons. The van der Waals surface area contributed by atoms with Crippen LogP contribution >= 0.6 is 0 Å². The van der Waals surface area contributed by atoms with Gasteiger partial charge < -0.3 is 10.6 Å². The van der Waals surface area contributed by atoms with E-state index in [1.807, 2.05) is 30.3 Å². The third-order valence-electron chi connectivity index (χ3n) is 4.68. The summed E-state index contributed by atoms with van der Waals surface area (Å²) in [6, 6.07) is 16.7. The second-order valence-electron chi connectivity index (χ2n) is 7.17. The standard InChI is InChI=1S/C21H25N3O4S/c1-24(29(27,28)18-10-6-3-7-11-18)15-20(25)23-19(21(26)22-17-12-13-17)14-16-8-4-2-5-9-16/h2-11,17,19H,12-15H2,1H3,(H,22,26)(H,23,25). The quantitative estimate of drug-likeness (QED) is 0.646. The summed E-state index contributed by atoms with van der Waals surface area (Å²) in [5.74, 6) is -0.780. The van der Waals surface area contributed by atoms with E-state index in [-0.39, 0.29) is 23.4 Å². The molecule has 0 heterocycles. The fourth-order valence-electron chi connectivity index (χ4n) is 2.89. The Bertz CT molecular complexity index is 944. The van der Waals surface area contributed by atoms with Crippen molar-refractivity contribution in [2.24, 2.45) is 0 Å². The average molecular weight is 416 g/mol. The van der Waals surface area contributed by atoms with Crippen LogP contribution in [0, 0.1) is 0 Å². The number of carbonyl (C=O) groups excluding carboxylic acids is 2. The molecular weight excluding hydrogens is 390 g/mol. The molecule has 8 heteroatoms. The number of nitrogens with one attached hydrogen (secondary N) is 2. The molecule has 2 aromatic rings. The molecule has 2 N–H and O–H groups in total. The number of likely N-dealkylation sites (N-methyl/N-ethyl adjacent to an activating group) is 1. The van der Waals surface area contributed by atoms with Crippen molar-refractivity contribution in [1.29, 1.82) is 0 Å². The summed E-state index contributed by atoms with van der Waals surface area (Å²) in [5, 5.41) is 5.60. The van der Waals surface area contributed by atoms with Crippen molar-refractivity contribution < 1.29 is 18.0 Å². The lowest BCUT2D eigenvalue weighted by molar-refractivity contribution is -0.129. The smallest absolute Gasteiger partial charge is 0.243 e. The number of hydrogen-bond donors (Lipinski definition) is 2. The van der Waals surface area contributed by atoms with E-state index in [4.69, 9.17) is 0 Å². The van der Waals surface area contributed by atoms with E-state index < -0.39 is 22.0 Å². The van der Waals surface area contributed by atoms with Gasteiger partial charge in [-0.2, -0.15) is 4.31 Å². The lowest BCUT2D eigenvalue weighted by atomic mass is 10.1. The first-order valence-corrected chi connectivity index (χ1v) is 11.0. The van der Waals surface area contributed by atoms with Gasteiger partial charge in [-0.05, 0) is 30.5 Å². The number of hydrogen-bond acceptors (Lipinski definition) is 4. The van der Waals surface area contributed by atoms with Crippen LogP contribution in [0.15, 0.2) is 65.6 Å². The van der Waals surface area contributed by atoms with E-state index in [0.29, 0.717) is 6.42 Å². The molecule has 0 aromatic heterocycles. The molecule has 0 saturated heterocycles. The number of rotatable bonds is 9. The van der Waals surface area contributed by atoms with Crippen molar-refractivity contribution in [2.45, 2.75) is 36.2 Å². The molecule has 3 rings (SSSR count). The fourth-order valence-corrected chi connectivity index (χ4v) is 4.04. The maximum Gasteiger partial charge on any atom is 0.243 e. The highest BCUT2D eigenvalue weighted by Crippen LogP contribution is 2.19. The van der Waals surface area contributed by atoms with Gasteiger partial charge in [-0.1, -0.05) is 48.5 Å². The van der Waals surface area contributed by atoms with Crippen LogP contribution in [0.5, 0.6) is 0 Å². The van der Waals surface area contributed by atoms with Crippen molar-refractivity contribution in [2.75, 3.05) is 13.6 Å². The number of carbonyl (C=O) groups is 2. The van der Waals surface area contributed by atoms with Gasteiger partial charge in [-0.15, -0.1) is 0 Å². The first-order valence-electron chi connectivity index (χ1n) is 9.51. The Morgan fingerprint density at radius 3 is 2.21 bits per heavy atom. The van der Waals surface area contributed by atoms with Gasteiger partial charge >= 0.3 is 0 Å². The summed E-state index contributed by atoms with van der Waals surface area (Å²) < 4.78 is 26.2. The van der Waals surface area contributed by atoms with Gasteiger partial charge in [0.25, 0.3) is 0 Å². The van der Waals surface area contributed by atoms with Crippen LogP contribution in [0.1, 0.15) is 18.4 Å². The van der Waals surface area contributed by atoms with Crippen LogP contribution < -0.4 is 10.6 Å². The summed E-state index contributed by atoms with van der Waals surface area (Å²) in [7, 11) is -2.44. The van der Waals surface area contributed by atoms with Crippen molar-refractivity contribution in [1.82, 2.24) is 14.9 Å². The largest absolute Gasteiger partial charge is 0.352 e. The van der Waals surface area contributed by atoms with Gasteiger partial charge in [0, 0.05) is 19.5 Å². The van der Waals surface area contributed by atoms with E-state index in [1.165, 1.54) is 19.2 Å². The average Bonchev–Trinajstić information content (AvgIpc) is 3.52. The highest BCUT2D eigenvalue weighted by molar-refractivity contribution is 7.89. The van der Waals surface area contributed by atoms with Gasteiger partial charge in [0.2, 0.25) is 21.8 Å². The molecule has 1 saturated carbocycles. The highest BCUT2D eigenvalue weighted by atomic mass is 32.2. The van der Waals surface area contributed by atoms with E-state index in [2.05, 4.69) is 10.6 Å². The first kappa shape index (κ1) is 21.0. The minimum absolute atomic E-state index is 0.114. The lowest BCUT2D eigenvalue weighted by Crippen LogP contribution is -2.51. The van der Waals surface area contributed by atoms with Crippen LogP contribution in [-0.2, 0) is 26.0 Å². The molecule has 0 aliphatic heterocycles. The normalized spacial score (nSPS) is 15.0. The van der Waals surface area contributed by atoms with Gasteiger partial charge in [0.05, 0.1) is 11.4 Å². The molecule has 2 amide bonds. The maximum absolute atomic E-state index is 12.6. The van der Waals surface area contributed by atoms with Crippen molar-refractivity contribution in [3.05, 3.63) is 66.2 Å². The predicted octanol–water partition coefficient (Wildman–Crippen LogP) is 1.31. The topological polar surface area (TPSA) is 95.6 Å². The monoisotopic (exact) mass is 415 g/mol. The second kappa shape index (κ2) is 9.19. The number of amides is 2. The zero-order chi connectivity index (χ0) is 20.9. The molecule has 29 heavy (non-hydrogen) atoms. The van der Waals surface area contributed by atoms with Gasteiger partial charge in [-0.3, -0.25) is 9.59 Å². The Hall–Kier alpha value is -2.71. The molecular formula is C21H25N3O4S. The summed E-state index contributed by atoms with van der Waals surface area (Å²) in [6.07, 6.45) is 2.21. The Kier molecular flexibility index (Phi) is 6.66. The number of nitrogens with zero attached hydrogens (tertiary/aromatic N) is 1. The zero-order valence-electron chi connectivity index (χ0n) is 16.2. The van der Waals surface area contributed by atoms with Crippen LogP contribution in [0.3, 0.4) is 0 Å². The fraction of sp³-hybridized carbons (Fsp3) is 0.333. The van der Waals surface area contributed by atoms with E-state index in [0.717, 1.165) is 22.7 Å². The molecule has 1 unspecified atom stereocenters. The number of sulfonamides is 1. The van der Waals surface area contributed by atoms with Crippen molar-refractivity contribution >= 4 is 21.8 Å². The van der Waals surface area contributed by atoms with Gasteiger partial charge in [0.15, 0.2) is 0 Å². The summed E-state index contributed by atoms with van der Waals surface area (Å²) in [5.41, 5.74) is 0.911. The Balaban J connectivity index is 1.66. The minimum Gasteiger partial charge on any atom is -0.352 e. The van der Waals surface area contributed by atoms with Crippen molar-refractivity contribution in [3.8, 4) is 0 Å². The highest BCUT2D eigenvalue weighted by Gasteiger charge is 2.29. The second-order valence-corrected chi connectivity index (χ2v) is 9.21. The van der Waals surface area contributed by atoms with Crippen molar-refractivity contribution in [3.63, 3.8) is 0 Å². The van der Waals surface area contributed by atoms with Gasteiger partial charge in [-0.25, -0.2) is 8.42 Å². The third-order valence-corrected chi connectivity index (χ3v) is 6.49. The van der Waals surface area contributed by atoms with E-state index in [9.17, 15) is 18.0 Å². The van der Waals surface area contributed by atoms with E-state index in [1.54, 1.807) is 18.2 Å². The van der Waals surface area contributed by atoms with Crippen LogP contribution in [-0.4, -0.2) is 50.2 Å². The number of benzene rings is 2. The molecule has 1 atom stereocenters. The molecule has 0 radical (unpaired) electrons. The molecule has 0 bridgehead atoms. The maximum atomic E-state index is 12.6. The van der Waals surface area contributed by atoms with Crippen LogP contribution in [0.4, 0.5) is 0 Å². The van der Waals surface area contributed by atoms with Crippen LogP contribution in [0.2, 0.25) is 0 Å². The minimum atomic E-state index is -3.79. The Morgan fingerprint density at radius 2 is 1.62 bits per heavy atom. The molecule has 1 aliphatic carbocycles. The van der Waals surface area contributed by atoms with Gasteiger partial charge in [0.1, 0.15) is 6.04 Å². The Labute approximate surface area is 171 Å². The van der Waals surface area contributed by atoms with E-state index >= 15 is 0 Å². The third kappa shape index (κ3) is 5.88. The molecule has 1 fully saturated rings. The lowest BCUT2D eigenvalue weighted by Gasteiger charge is -2.21. The molecule has 2 aromatic carbocycles. The summed E-state index contributed by atoms with van der Waals surface area (Å²) in [6.45, 7) is -0.376. The van der Waals surface area contributed by atoms with Crippen LogP contribution in [0.25, 0.3) is 0 Å². The summed E-state index contributed by atoms with van der Waals surface area (Å²) in [4.78, 5) is 25.2. The first-order chi connectivity index (χ1) is 13.9. The molecule has 0 spiro atoms. The molecule has 1 aliphatic rings. The SMILES string of the molecule is CN(CC(=O)NC(Cc1ccccc1)C(=O)NC1CC1)S(=O)(=O)c1ccccc1. The zero-order valence-corrected chi connectivity index (χ0v) is 17.1.